The van der Waals surface area contributed by atoms with E-state index in [1.165, 1.54) is 0 Å². The zero-order valence-electron chi connectivity index (χ0n) is 9.75. The topological polar surface area (TPSA) is 20.3 Å². The number of carbonyl (C=O) groups is 1. The molecule has 0 spiro atoms. The van der Waals surface area contributed by atoms with Crippen molar-refractivity contribution in [2.24, 2.45) is 5.92 Å². The fourth-order valence-corrected chi connectivity index (χ4v) is 2.95. The zero-order chi connectivity index (χ0) is 12.4. The smallest absolute Gasteiger partial charge is 0.255 e. The number of benzene rings is 1. The standard InChI is InChI=1S/C13H15BrINO/c1-9-4-6-16(7-5-9)13(17)11-8-10(15)2-3-12(11)14/h2-3,8-9H,4-7H2,1H3. The van der Waals surface area contributed by atoms with Crippen molar-refractivity contribution in [1.29, 1.82) is 0 Å². The van der Waals surface area contributed by atoms with Crippen LogP contribution in [0, 0.1) is 9.49 Å². The van der Waals surface area contributed by atoms with Gasteiger partial charge in [-0.15, -0.1) is 0 Å². The van der Waals surface area contributed by atoms with E-state index < -0.39 is 0 Å². The molecule has 0 N–H and O–H groups in total. The minimum absolute atomic E-state index is 0.155. The summed E-state index contributed by atoms with van der Waals surface area (Å²) in [5, 5.41) is 0. The van der Waals surface area contributed by atoms with E-state index in [9.17, 15) is 4.79 Å². The zero-order valence-corrected chi connectivity index (χ0v) is 13.5. The molecule has 1 aromatic rings. The Hall–Kier alpha value is -0.100. The largest absolute Gasteiger partial charge is 0.339 e. The van der Waals surface area contributed by atoms with E-state index in [0.717, 1.165) is 45.5 Å². The number of carbonyl (C=O) groups excluding carboxylic acids is 1. The molecule has 1 aliphatic heterocycles. The van der Waals surface area contributed by atoms with Gasteiger partial charge in [0.15, 0.2) is 0 Å². The van der Waals surface area contributed by atoms with Crippen LogP contribution >= 0.6 is 38.5 Å². The molecule has 1 aliphatic rings. The normalized spacial score (nSPS) is 17.2. The molecule has 0 aliphatic carbocycles. The lowest BCUT2D eigenvalue weighted by Gasteiger charge is -2.30. The SMILES string of the molecule is CC1CCN(C(=O)c2cc(I)ccc2Br)CC1. The quantitative estimate of drug-likeness (QED) is 0.646. The van der Waals surface area contributed by atoms with Gasteiger partial charge in [0.05, 0.1) is 5.56 Å². The summed E-state index contributed by atoms with van der Waals surface area (Å²) < 4.78 is 1.99. The number of rotatable bonds is 1. The van der Waals surface area contributed by atoms with E-state index >= 15 is 0 Å². The third-order valence-corrected chi connectivity index (χ3v) is 4.59. The molecule has 0 aromatic heterocycles. The molecule has 1 saturated heterocycles. The molecule has 1 amide bonds. The van der Waals surface area contributed by atoms with Gasteiger partial charge < -0.3 is 4.90 Å². The summed E-state index contributed by atoms with van der Waals surface area (Å²) in [4.78, 5) is 14.3. The first-order chi connectivity index (χ1) is 8.08. The van der Waals surface area contributed by atoms with Crippen LogP contribution in [0.25, 0.3) is 0 Å². The van der Waals surface area contributed by atoms with Crippen LogP contribution in [0.1, 0.15) is 30.1 Å². The Morgan fingerprint density at radius 2 is 2.06 bits per heavy atom. The van der Waals surface area contributed by atoms with E-state index in [0.29, 0.717) is 0 Å². The fraction of sp³-hybridized carbons (Fsp3) is 0.462. The maximum atomic E-state index is 12.4. The summed E-state index contributed by atoms with van der Waals surface area (Å²) in [6.07, 6.45) is 2.24. The minimum Gasteiger partial charge on any atom is -0.339 e. The Morgan fingerprint density at radius 1 is 1.41 bits per heavy atom. The van der Waals surface area contributed by atoms with Crippen molar-refractivity contribution in [2.75, 3.05) is 13.1 Å². The first kappa shape index (κ1) is 13.3. The van der Waals surface area contributed by atoms with E-state index in [1.54, 1.807) is 0 Å². The summed E-state index contributed by atoms with van der Waals surface area (Å²) in [7, 11) is 0. The molecule has 1 heterocycles. The predicted octanol–water partition coefficient (Wildman–Crippen LogP) is 3.93. The van der Waals surface area contributed by atoms with Gasteiger partial charge in [-0.25, -0.2) is 0 Å². The van der Waals surface area contributed by atoms with Crippen LogP contribution in [-0.2, 0) is 0 Å². The van der Waals surface area contributed by atoms with E-state index in [1.807, 2.05) is 23.1 Å². The van der Waals surface area contributed by atoms with Gasteiger partial charge in [0, 0.05) is 21.1 Å². The first-order valence-corrected chi connectivity index (χ1v) is 7.69. The summed E-state index contributed by atoms with van der Waals surface area (Å²) >= 11 is 5.70. The molecule has 1 fully saturated rings. The lowest BCUT2D eigenvalue weighted by atomic mass is 9.98. The lowest BCUT2D eigenvalue weighted by Crippen LogP contribution is -2.38. The lowest BCUT2D eigenvalue weighted by molar-refractivity contribution is 0.0696. The second-order valence-corrected chi connectivity index (χ2v) is 6.70. The fourth-order valence-electron chi connectivity index (χ4n) is 2.04. The van der Waals surface area contributed by atoms with Crippen molar-refractivity contribution in [3.05, 3.63) is 31.8 Å². The third-order valence-electron chi connectivity index (χ3n) is 3.23. The van der Waals surface area contributed by atoms with Gasteiger partial charge >= 0.3 is 0 Å². The van der Waals surface area contributed by atoms with Gasteiger partial charge in [-0.1, -0.05) is 6.92 Å². The summed E-state index contributed by atoms with van der Waals surface area (Å²) in [5.41, 5.74) is 0.784. The molecule has 0 unspecified atom stereocenters. The third kappa shape index (κ3) is 3.22. The second-order valence-electron chi connectivity index (χ2n) is 4.60. The van der Waals surface area contributed by atoms with E-state index in [4.69, 9.17) is 0 Å². The molecule has 0 radical (unpaired) electrons. The Balaban J connectivity index is 2.16. The van der Waals surface area contributed by atoms with Crippen molar-refractivity contribution in [3.8, 4) is 0 Å². The van der Waals surface area contributed by atoms with Crippen LogP contribution in [0.4, 0.5) is 0 Å². The molecule has 0 saturated carbocycles. The molecule has 1 aromatic carbocycles. The van der Waals surface area contributed by atoms with Crippen molar-refractivity contribution >= 4 is 44.4 Å². The van der Waals surface area contributed by atoms with Crippen molar-refractivity contribution in [3.63, 3.8) is 0 Å². The molecule has 2 nitrogen and oxygen atoms in total. The van der Waals surface area contributed by atoms with E-state index in [2.05, 4.69) is 45.4 Å². The molecule has 4 heteroatoms. The number of hydrogen-bond acceptors (Lipinski definition) is 1. The Bertz CT molecular complexity index is 427. The van der Waals surface area contributed by atoms with Crippen molar-refractivity contribution in [2.45, 2.75) is 19.8 Å². The van der Waals surface area contributed by atoms with Gasteiger partial charge in [0.1, 0.15) is 0 Å². The molecule has 92 valence electrons. The minimum atomic E-state index is 0.155. The first-order valence-electron chi connectivity index (χ1n) is 5.82. The Labute approximate surface area is 124 Å². The highest BCUT2D eigenvalue weighted by Crippen LogP contribution is 2.24. The van der Waals surface area contributed by atoms with Crippen molar-refractivity contribution in [1.82, 2.24) is 4.90 Å². The highest BCUT2D eigenvalue weighted by Gasteiger charge is 2.22. The van der Waals surface area contributed by atoms with Crippen LogP contribution in [0.2, 0.25) is 0 Å². The second kappa shape index (κ2) is 5.69. The van der Waals surface area contributed by atoms with Gasteiger partial charge in [-0.3, -0.25) is 4.79 Å². The van der Waals surface area contributed by atoms with Gasteiger partial charge in [-0.2, -0.15) is 0 Å². The molecular formula is C13H15BrINO. The average molecular weight is 408 g/mol. The molecule has 17 heavy (non-hydrogen) atoms. The van der Waals surface area contributed by atoms with Crippen LogP contribution in [0.3, 0.4) is 0 Å². The molecule has 0 atom stereocenters. The highest BCUT2D eigenvalue weighted by molar-refractivity contribution is 14.1. The van der Waals surface area contributed by atoms with Crippen LogP contribution in [-0.4, -0.2) is 23.9 Å². The maximum absolute atomic E-state index is 12.4. The summed E-state index contributed by atoms with van der Waals surface area (Å²) in [6, 6.07) is 5.90. The molecular weight excluding hydrogens is 393 g/mol. The summed E-state index contributed by atoms with van der Waals surface area (Å²) in [5.74, 6) is 0.903. The van der Waals surface area contributed by atoms with Crippen LogP contribution in [0.5, 0.6) is 0 Å². The number of piperidine rings is 1. The highest BCUT2D eigenvalue weighted by atomic mass is 127. The molecule has 2 rings (SSSR count). The maximum Gasteiger partial charge on any atom is 0.255 e. The summed E-state index contributed by atoms with van der Waals surface area (Å²) in [6.45, 7) is 4.03. The van der Waals surface area contributed by atoms with Crippen molar-refractivity contribution < 1.29 is 4.79 Å². The number of nitrogens with zero attached hydrogens (tertiary/aromatic N) is 1. The van der Waals surface area contributed by atoms with E-state index in [-0.39, 0.29) is 5.91 Å². The average Bonchev–Trinajstić information content (AvgIpc) is 2.32. The van der Waals surface area contributed by atoms with Gasteiger partial charge in [0.2, 0.25) is 0 Å². The number of halogens is 2. The van der Waals surface area contributed by atoms with Crippen LogP contribution < -0.4 is 0 Å². The Morgan fingerprint density at radius 3 is 2.71 bits per heavy atom. The molecule has 0 bridgehead atoms. The Kier molecular flexibility index (Phi) is 4.47. The monoisotopic (exact) mass is 407 g/mol. The van der Waals surface area contributed by atoms with Crippen LogP contribution in [0.15, 0.2) is 22.7 Å². The number of amides is 1. The number of likely N-dealkylation sites (tertiary alicyclic amines) is 1. The number of hydrogen-bond donors (Lipinski definition) is 0. The predicted molar refractivity (Wildman–Crippen MR) is 81.2 cm³/mol. The van der Waals surface area contributed by atoms with Gasteiger partial charge in [-0.05, 0) is 75.5 Å². The van der Waals surface area contributed by atoms with Gasteiger partial charge in [0.25, 0.3) is 5.91 Å².